The zero-order valence-electron chi connectivity index (χ0n) is 12.1. The van der Waals surface area contributed by atoms with Crippen LogP contribution in [-0.2, 0) is 4.79 Å². The van der Waals surface area contributed by atoms with E-state index in [9.17, 15) is 4.79 Å². The van der Waals surface area contributed by atoms with E-state index in [1.807, 2.05) is 12.1 Å². The number of benzene rings is 1. The first-order valence-corrected chi connectivity index (χ1v) is 7.08. The topological polar surface area (TPSA) is 73.6 Å². The fourth-order valence-electron chi connectivity index (χ4n) is 1.55. The maximum absolute atomic E-state index is 11.5. The van der Waals surface area contributed by atoms with Gasteiger partial charge in [0.2, 0.25) is 0 Å². The van der Waals surface area contributed by atoms with Crippen molar-refractivity contribution in [3.05, 3.63) is 24.3 Å². The third kappa shape index (κ3) is 6.99. The molecule has 0 atom stereocenters. The van der Waals surface area contributed by atoms with Gasteiger partial charge in [0.25, 0.3) is 5.91 Å². The Balaban J connectivity index is 2.22. The number of amides is 1. The molecule has 0 aromatic heterocycles. The summed E-state index contributed by atoms with van der Waals surface area (Å²) < 4.78 is 10.9. The number of hydrogen-bond acceptors (Lipinski definition) is 4. The first-order valence-electron chi connectivity index (χ1n) is 7.08. The Labute approximate surface area is 120 Å². The molecule has 0 radical (unpaired) electrons. The summed E-state index contributed by atoms with van der Waals surface area (Å²) >= 11 is 0. The molecule has 1 rings (SSSR count). The lowest BCUT2D eigenvalue weighted by Gasteiger charge is -2.08. The van der Waals surface area contributed by atoms with Crippen molar-refractivity contribution in [3.8, 4) is 11.5 Å². The summed E-state index contributed by atoms with van der Waals surface area (Å²) in [7, 11) is 0. The van der Waals surface area contributed by atoms with Crippen LogP contribution in [0, 0.1) is 0 Å². The van der Waals surface area contributed by atoms with Crippen molar-refractivity contribution in [2.45, 2.75) is 26.2 Å². The van der Waals surface area contributed by atoms with E-state index >= 15 is 0 Å². The summed E-state index contributed by atoms with van der Waals surface area (Å²) in [5, 5.41) is 2.78. The second-order valence-electron chi connectivity index (χ2n) is 4.45. The third-order valence-corrected chi connectivity index (χ3v) is 2.62. The second-order valence-corrected chi connectivity index (χ2v) is 4.45. The van der Waals surface area contributed by atoms with Gasteiger partial charge < -0.3 is 20.5 Å². The molecule has 0 aliphatic rings. The normalized spacial score (nSPS) is 10.1. The molecular weight excluding hydrogens is 256 g/mol. The van der Waals surface area contributed by atoms with Gasteiger partial charge in [0, 0.05) is 6.54 Å². The van der Waals surface area contributed by atoms with Crippen LogP contribution in [0.4, 0.5) is 0 Å². The van der Waals surface area contributed by atoms with Crippen LogP contribution in [0.1, 0.15) is 26.2 Å². The summed E-state index contributed by atoms with van der Waals surface area (Å²) in [5.74, 6) is 1.35. The number of hydrogen-bond donors (Lipinski definition) is 2. The SMILES string of the molecule is CCCOc1ccc(OCC(=O)NCCCCN)cc1. The smallest absolute Gasteiger partial charge is 0.257 e. The monoisotopic (exact) mass is 280 g/mol. The van der Waals surface area contributed by atoms with Gasteiger partial charge in [0.05, 0.1) is 6.61 Å². The molecule has 5 heteroatoms. The van der Waals surface area contributed by atoms with E-state index in [4.69, 9.17) is 15.2 Å². The Hall–Kier alpha value is -1.75. The quantitative estimate of drug-likeness (QED) is 0.640. The van der Waals surface area contributed by atoms with Gasteiger partial charge in [-0.25, -0.2) is 0 Å². The van der Waals surface area contributed by atoms with Gasteiger partial charge in [-0.3, -0.25) is 4.79 Å². The minimum absolute atomic E-state index is 0.0256. The molecule has 1 aromatic carbocycles. The molecular formula is C15H24N2O3. The van der Waals surface area contributed by atoms with Crippen molar-refractivity contribution in [3.63, 3.8) is 0 Å². The van der Waals surface area contributed by atoms with Crippen LogP contribution in [0.2, 0.25) is 0 Å². The molecule has 0 fully saturated rings. The van der Waals surface area contributed by atoms with Crippen molar-refractivity contribution in [1.29, 1.82) is 0 Å². The lowest BCUT2D eigenvalue weighted by Crippen LogP contribution is -2.29. The van der Waals surface area contributed by atoms with Crippen molar-refractivity contribution in [2.24, 2.45) is 5.73 Å². The highest BCUT2D eigenvalue weighted by molar-refractivity contribution is 5.77. The highest BCUT2D eigenvalue weighted by Crippen LogP contribution is 2.17. The number of rotatable bonds is 10. The molecule has 5 nitrogen and oxygen atoms in total. The number of carbonyl (C=O) groups is 1. The Kier molecular flexibility index (Phi) is 8.22. The standard InChI is InChI=1S/C15H24N2O3/c1-2-11-19-13-5-7-14(8-6-13)20-12-15(18)17-10-4-3-9-16/h5-8H,2-4,9-12,16H2,1H3,(H,17,18). The number of unbranched alkanes of at least 4 members (excludes halogenated alkanes) is 1. The van der Waals surface area contributed by atoms with E-state index in [0.717, 1.165) is 25.0 Å². The molecule has 0 aliphatic heterocycles. The van der Waals surface area contributed by atoms with Crippen molar-refractivity contribution >= 4 is 5.91 Å². The molecule has 3 N–H and O–H groups in total. The fourth-order valence-corrected chi connectivity index (χ4v) is 1.55. The van der Waals surface area contributed by atoms with Gasteiger partial charge in [0.1, 0.15) is 11.5 Å². The lowest BCUT2D eigenvalue weighted by atomic mass is 10.3. The van der Waals surface area contributed by atoms with Gasteiger partial charge in [-0.1, -0.05) is 6.92 Å². The summed E-state index contributed by atoms with van der Waals surface area (Å²) in [6, 6.07) is 7.27. The Bertz CT molecular complexity index is 379. The number of carbonyl (C=O) groups excluding carboxylic acids is 1. The van der Waals surface area contributed by atoms with E-state index in [1.54, 1.807) is 12.1 Å². The highest BCUT2D eigenvalue weighted by Gasteiger charge is 2.02. The summed E-state index contributed by atoms with van der Waals surface area (Å²) in [6.45, 7) is 4.08. The van der Waals surface area contributed by atoms with Crippen LogP contribution in [0.25, 0.3) is 0 Å². The minimum atomic E-state index is -0.117. The Morgan fingerprint density at radius 2 is 1.80 bits per heavy atom. The van der Waals surface area contributed by atoms with Crippen LogP contribution in [0.3, 0.4) is 0 Å². The lowest BCUT2D eigenvalue weighted by molar-refractivity contribution is -0.123. The van der Waals surface area contributed by atoms with Crippen molar-refractivity contribution < 1.29 is 14.3 Å². The predicted octanol–water partition coefficient (Wildman–Crippen LogP) is 1.71. The molecule has 112 valence electrons. The van der Waals surface area contributed by atoms with E-state index < -0.39 is 0 Å². The average Bonchev–Trinajstić information content (AvgIpc) is 2.48. The van der Waals surface area contributed by atoms with Crippen LogP contribution in [-0.4, -0.2) is 32.2 Å². The number of nitrogens with two attached hydrogens (primary N) is 1. The van der Waals surface area contributed by atoms with E-state index in [-0.39, 0.29) is 12.5 Å². The summed E-state index contributed by atoms with van der Waals surface area (Å²) in [4.78, 5) is 11.5. The first-order chi connectivity index (χ1) is 9.76. The Morgan fingerprint density at radius 1 is 1.15 bits per heavy atom. The van der Waals surface area contributed by atoms with Gasteiger partial charge in [-0.15, -0.1) is 0 Å². The van der Waals surface area contributed by atoms with Crippen LogP contribution < -0.4 is 20.5 Å². The van der Waals surface area contributed by atoms with Crippen LogP contribution in [0.15, 0.2) is 24.3 Å². The van der Waals surface area contributed by atoms with Crippen molar-refractivity contribution in [2.75, 3.05) is 26.3 Å². The van der Waals surface area contributed by atoms with E-state index in [2.05, 4.69) is 12.2 Å². The van der Waals surface area contributed by atoms with Crippen molar-refractivity contribution in [1.82, 2.24) is 5.32 Å². The van der Waals surface area contributed by atoms with Crippen LogP contribution in [0.5, 0.6) is 11.5 Å². The molecule has 0 aliphatic carbocycles. The maximum atomic E-state index is 11.5. The van der Waals surface area contributed by atoms with E-state index in [0.29, 0.717) is 25.4 Å². The summed E-state index contributed by atoms with van der Waals surface area (Å²) in [6.07, 6.45) is 2.79. The molecule has 1 aromatic rings. The van der Waals surface area contributed by atoms with E-state index in [1.165, 1.54) is 0 Å². The van der Waals surface area contributed by atoms with Gasteiger partial charge in [-0.2, -0.15) is 0 Å². The maximum Gasteiger partial charge on any atom is 0.257 e. The molecule has 0 unspecified atom stereocenters. The second kappa shape index (κ2) is 10.1. The minimum Gasteiger partial charge on any atom is -0.494 e. The molecule has 0 heterocycles. The molecule has 1 amide bonds. The van der Waals surface area contributed by atoms with Gasteiger partial charge >= 0.3 is 0 Å². The molecule has 0 bridgehead atoms. The third-order valence-electron chi connectivity index (χ3n) is 2.62. The number of ether oxygens (including phenoxy) is 2. The highest BCUT2D eigenvalue weighted by atomic mass is 16.5. The van der Waals surface area contributed by atoms with Crippen LogP contribution >= 0.6 is 0 Å². The molecule has 0 saturated carbocycles. The Morgan fingerprint density at radius 3 is 2.40 bits per heavy atom. The zero-order valence-corrected chi connectivity index (χ0v) is 12.1. The fraction of sp³-hybridized carbons (Fsp3) is 0.533. The predicted molar refractivity (Wildman–Crippen MR) is 79.0 cm³/mol. The molecule has 0 saturated heterocycles. The molecule has 20 heavy (non-hydrogen) atoms. The molecule has 0 spiro atoms. The average molecular weight is 280 g/mol. The van der Waals surface area contributed by atoms with Gasteiger partial charge in [-0.05, 0) is 50.1 Å². The zero-order chi connectivity index (χ0) is 14.6. The van der Waals surface area contributed by atoms with Gasteiger partial charge in [0.15, 0.2) is 6.61 Å². The first kappa shape index (κ1) is 16.3. The summed E-state index contributed by atoms with van der Waals surface area (Å²) in [5.41, 5.74) is 5.37. The largest absolute Gasteiger partial charge is 0.494 e. The number of nitrogens with one attached hydrogen (secondary N) is 1.